The van der Waals surface area contributed by atoms with Crippen molar-refractivity contribution < 1.29 is 9.90 Å². The number of carbonyl (C=O) groups is 1. The monoisotopic (exact) mass is 254 g/mol. The number of hydrogen-bond donors (Lipinski definition) is 1. The first-order valence-corrected chi connectivity index (χ1v) is 6.97. The average Bonchev–Trinajstić information content (AvgIpc) is 2.79. The zero-order valence-electron chi connectivity index (χ0n) is 10.1. The maximum absolute atomic E-state index is 10.7. The van der Waals surface area contributed by atoms with Gasteiger partial charge in [-0.1, -0.05) is 6.92 Å². The molecule has 2 heterocycles. The van der Waals surface area contributed by atoms with Gasteiger partial charge in [0, 0.05) is 11.8 Å². The number of aromatic carboxylic acids is 1. The van der Waals surface area contributed by atoms with Gasteiger partial charge in [-0.15, -0.1) is 11.3 Å². The highest BCUT2D eigenvalue weighted by Gasteiger charge is 2.20. The van der Waals surface area contributed by atoms with Gasteiger partial charge < -0.3 is 10.0 Å². The average molecular weight is 254 g/mol. The summed E-state index contributed by atoms with van der Waals surface area (Å²) < 4.78 is 0. The smallest absolute Gasteiger partial charge is 0.355 e. The lowest BCUT2D eigenvalue weighted by Crippen LogP contribution is -2.34. The van der Waals surface area contributed by atoms with Crippen molar-refractivity contribution in [1.29, 1.82) is 0 Å². The molecule has 17 heavy (non-hydrogen) atoms. The van der Waals surface area contributed by atoms with Gasteiger partial charge in [-0.3, -0.25) is 0 Å². The highest BCUT2D eigenvalue weighted by molar-refractivity contribution is 7.09. The Morgan fingerprint density at radius 2 is 2.29 bits per heavy atom. The van der Waals surface area contributed by atoms with Gasteiger partial charge >= 0.3 is 5.97 Å². The predicted octanol–water partition coefficient (Wildman–Crippen LogP) is 2.12. The van der Waals surface area contributed by atoms with Crippen LogP contribution in [-0.4, -0.2) is 40.6 Å². The number of aromatic nitrogens is 1. The summed E-state index contributed by atoms with van der Waals surface area (Å²) in [6, 6.07) is 0. The van der Waals surface area contributed by atoms with Crippen molar-refractivity contribution in [2.75, 3.05) is 19.6 Å². The minimum atomic E-state index is -0.923. The molecule has 4 nitrogen and oxygen atoms in total. The largest absolute Gasteiger partial charge is 0.476 e. The number of rotatable bonds is 4. The van der Waals surface area contributed by atoms with Crippen LogP contribution in [0.2, 0.25) is 0 Å². The summed E-state index contributed by atoms with van der Waals surface area (Å²) in [5.74, 6) is -0.251. The molecule has 0 bridgehead atoms. The zero-order valence-corrected chi connectivity index (χ0v) is 10.9. The summed E-state index contributed by atoms with van der Waals surface area (Å²) in [6.45, 7) is 5.66. The third-order valence-electron chi connectivity index (χ3n) is 3.39. The molecule has 1 saturated heterocycles. The third kappa shape index (κ3) is 3.26. The lowest BCUT2D eigenvalue weighted by Gasteiger charge is -2.30. The summed E-state index contributed by atoms with van der Waals surface area (Å²) in [7, 11) is 0. The van der Waals surface area contributed by atoms with Gasteiger partial charge in [0.15, 0.2) is 5.69 Å². The number of likely N-dealkylation sites (tertiary alicyclic amines) is 1. The second-order valence-electron chi connectivity index (χ2n) is 4.51. The van der Waals surface area contributed by atoms with Crippen molar-refractivity contribution in [2.24, 2.45) is 5.92 Å². The first-order chi connectivity index (χ1) is 8.19. The highest BCUT2D eigenvalue weighted by Crippen LogP contribution is 2.23. The quantitative estimate of drug-likeness (QED) is 0.894. The van der Waals surface area contributed by atoms with Crippen molar-refractivity contribution in [3.8, 4) is 0 Å². The molecule has 1 aliphatic rings. The number of carboxylic acid groups (broad SMARTS) is 1. The molecule has 2 rings (SSSR count). The van der Waals surface area contributed by atoms with Crippen LogP contribution >= 0.6 is 11.3 Å². The van der Waals surface area contributed by atoms with Gasteiger partial charge in [-0.2, -0.15) is 0 Å². The van der Waals surface area contributed by atoms with E-state index in [1.165, 1.54) is 37.3 Å². The topological polar surface area (TPSA) is 53.4 Å². The van der Waals surface area contributed by atoms with Crippen molar-refractivity contribution in [3.63, 3.8) is 0 Å². The van der Waals surface area contributed by atoms with Crippen LogP contribution in [0.3, 0.4) is 0 Å². The van der Waals surface area contributed by atoms with E-state index >= 15 is 0 Å². The van der Waals surface area contributed by atoms with Crippen LogP contribution in [0.5, 0.6) is 0 Å². The number of piperidine rings is 1. The molecular formula is C12H18N2O2S. The van der Waals surface area contributed by atoms with Crippen LogP contribution in [-0.2, 0) is 6.42 Å². The fourth-order valence-electron chi connectivity index (χ4n) is 2.26. The number of hydrogen-bond acceptors (Lipinski definition) is 4. The van der Waals surface area contributed by atoms with Crippen molar-refractivity contribution in [3.05, 3.63) is 16.1 Å². The van der Waals surface area contributed by atoms with Gasteiger partial charge in [0.05, 0.1) is 5.01 Å². The molecule has 0 amide bonds. The zero-order chi connectivity index (χ0) is 12.3. The van der Waals surface area contributed by atoms with Crippen LogP contribution in [0.4, 0.5) is 0 Å². The standard InChI is InChI=1S/C12H18N2O2S/c1-2-14-5-3-9(4-6-14)7-11-13-10(8-17-11)12(15)16/h8-9H,2-7H2,1H3,(H,15,16). The van der Waals surface area contributed by atoms with Crippen LogP contribution < -0.4 is 0 Å². The van der Waals surface area contributed by atoms with Gasteiger partial charge in [-0.05, 0) is 38.4 Å². The van der Waals surface area contributed by atoms with E-state index in [4.69, 9.17) is 5.11 Å². The molecule has 0 aromatic carbocycles. The number of nitrogens with zero attached hydrogens (tertiary/aromatic N) is 2. The molecule has 0 spiro atoms. The van der Waals surface area contributed by atoms with E-state index in [1.54, 1.807) is 5.38 Å². The molecule has 1 aromatic heterocycles. The van der Waals surface area contributed by atoms with Gasteiger partial charge in [-0.25, -0.2) is 9.78 Å². The Morgan fingerprint density at radius 1 is 1.59 bits per heavy atom. The Kier molecular flexibility index (Phi) is 4.12. The van der Waals surface area contributed by atoms with Crippen LogP contribution in [0.1, 0.15) is 35.3 Å². The normalized spacial score (nSPS) is 18.4. The molecule has 0 atom stereocenters. The summed E-state index contributed by atoms with van der Waals surface area (Å²) in [6.07, 6.45) is 3.35. The van der Waals surface area contributed by atoms with Gasteiger partial charge in [0.1, 0.15) is 0 Å². The molecule has 94 valence electrons. The van der Waals surface area contributed by atoms with Gasteiger partial charge in [0.25, 0.3) is 0 Å². The van der Waals surface area contributed by atoms with E-state index in [0.29, 0.717) is 5.92 Å². The Hall–Kier alpha value is -0.940. The number of carboxylic acids is 1. The maximum atomic E-state index is 10.7. The molecular weight excluding hydrogens is 236 g/mol. The molecule has 0 unspecified atom stereocenters. The number of thiazole rings is 1. The minimum absolute atomic E-state index is 0.191. The lowest BCUT2D eigenvalue weighted by molar-refractivity contribution is 0.0691. The van der Waals surface area contributed by atoms with Gasteiger partial charge in [0.2, 0.25) is 0 Å². The summed E-state index contributed by atoms with van der Waals surface area (Å²) in [4.78, 5) is 17.3. The van der Waals surface area contributed by atoms with Crippen molar-refractivity contribution in [1.82, 2.24) is 9.88 Å². The summed E-state index contributed by atoms with van der Waals surface area (Å²) in [5.41, 5.74) is 0.191. The van der Waals surface area contributed by atoms with E-state index in [2.05, 4.69) is 16.8 Å². The minimum Gasteiger partial charge on any atom is -0.476 e. The Labute approximate surface area is 105 Å². The van der Waals surface area contributed by atoms with E-state index in [0.717, 1.165) is 18.0 Å². The SMILES string of the molecule is CCN1CCC(Cc2nc(C(=O)O)cs2)CC1. The molecule has 1 aliphatic heterocycles. The van der Waals surface area contributed by atoms with E-state index in [1.807, 2.05) is 0 Å². The highest BCUT2D eigenvalue weighted by atomic mass is 32.1. The Morgan fingerprint density at radius 3 is 2.82 bits per heavy atom. The Balaban J connectivity index is 1.86. The maximum Gasteiger partial charge on any atom is 0.355 e. The molecule has 1 aromatic rings. The van der Waals surface area contributed by atoms with E-state index < -0.39 is 5.97 Å². The van der Waals surface area contributed by atoms with E-state index in [-0.39, 0.29) is 5.69 Å². The van der Waals surface area contributed by atoms with Crippen molar-refractivity contribution >= 4 is 17.3 Å². The fourth-order valence-corrected chi connectivity index (χ4v) is 3.14. The second-order valence-corrected chi connectivity index (χ2v) is 5.46. The lowest BCUT2D eigenvalue weighted by atomic mass is 9.94. The van der Waals surface area contributed by atoms with Crippen LogP contribution in [0, 0.1) is 5.92 Å². The van der Waals surface area contributed by atoms with Crippen LogP contribution in [0.15, 0.2) is 5.38 Å². The third-order valence-corrected chi connectivity index (χ3v) is 4.26. The van der Waals surface area contributed by atoms with Crippen molar-refractivity contribution in [2.45, 2.75) is 26.2 Å². The van der Waals surface area contributed by atoms with Crippen LogP contribution in [0.25, 0.3) is 0 Å². The Bertz CT molecular complexity index is 384. The molecule has 0 radical (unpaired) electrons. The molecule has 1 fully saturated rings. The fraction of sp³-hybridized carbons (Fsp3) is 0.667. The second kappa shape index (κ2) is 5.60. The summed E-state index contributed by atoms with van der Waals surface area (Å²) in [5, 5.41) is 11.4. The molecule has 0 aliphatic carbocycles. The molecule has 1 N–H and O–H groups in total. The molecule has 5 heteroatoms. The molecule has 0 saturated carbocycles. The first-order valence-electron chi connectivity index (χ1n) is 6.09. The summed E-state index contributed by atoms with van der Waals surface area (Å²) >= 11 is 1.47. The van der Waals surface area contributed by atoms with E-state index in [9.17, 15) is 4.79 Å². The first kappa shape index (κ1) is 12.5. The predicted molar refractivity (Wildman–Crippen MR) is 67.6 cm³/mol.